The molecule has 2 unspecified atom stereocenters. The number of hydrogen-bond donors (Lipinski definition) is 1. The second-order valence-corrected chi connectivity index (χ2v) is 3.43. The largest absolute Gasteiger partial charge is 0.506 e. The van der Waals surface area contributed by atoms with Crippen molar-refractivity contribution in [2.45, 2.75) is 0 Å². The van der Waals surface area contributed by atoms with E-state index in [0.717, 1.165) is 0 Å². The Morgan fingerprint density at radius 1 is 1.50 bits per heavy atom. The molecule has 2 rings (SSSR count). The molecule has 0 aliphatic heterocycles. The van der Waals surface area contributed by atoms with Gasteiger partial charge in [-0.15, -0.1) is 0 Å². The van der Waals surface area contributed by atoms with Crippen molar-refractivity contribution in [1.82, 2.24) is 4.98 Å². The van der Waals surface area contributed by atoms with Crippen molar-refractivity contribution in [3.05, 3.63) is 12.1 Å². The lowest BCUT2D eigenvalue weighted by Gasteiger charge is -1.96. The summed E-state index contributed by atoms with van der Waals surface area (Å²) in [7, 11) is 4.70. The fourth-order valence-corrected chi connectivity index (χ4v) is 1.58. The molecular formula is C8H8N2O2P2. The Kier molecular flexibility index (Phi) is 2.49. The van der Waals surface area contributed by atoms with Crippen molar-refractivity contribution < 1.29 is 9.52 Å². The Bertz CT molecular complexity index is 507. The van der Waals surface area contributed by atoms with Crippen molar-refractivity contribution in [2.75, 3.05) is 0 Å². The summed E-state index contributed by atoms with van der Waals surface area (Å²) in [6, 6.07) is 3.17. The molecule has 72 valence electrons. The number of aromatic nitrogens is 1. The molecule has 14 heavy (non-hydrogen) atoms. The number of hydrogen-bond acceptors (Lipinski definition) is 4. The molecular weight excluding hydrogens is 218 g/mol. The van der Waals surface area contributed by atoms with Crippen LogP contribution in [0.2, 0.25) is 0 Å². The van der Waals surface area contributed by atoms with Crippen LogP contribution >= 0.6 is 18.5 Å². The van der Waals surface area contributed by atoms with Crippen molar-refractivity contribution in [1.29, 1.82) is 0 Å². The van der Waals surface area contributed by atoms with E-state index < -0.39 is 0 Å². The maximum atomic E-state index is 9.53. The van der Waals surface area contributed by atoms with Crippen LogP contribution < -0.4 is 5.63 Å². The molecule has 1 aromatic heterocycles. The summed E-state index contributed by atoms with van der Waals surface area (Å²) in [5.74, 6) is 1.61. The molecule has 0 spiro atoms. The van der Waals surface area contributed by atoms with Gasteiger partial charge in [0.25, 0.3) is 0 Å². The summed E-state index contributed by atoms with van der Waals surface area (Å²) in [6.07, 6.45) is 0. The maximum Gasteiger partial charge on any atom is 0.211 e. The minimum Gasteiger partial charge on any atom is -0.506 e. The SMILES string of the molecule is Oc1cc2oc(P)nc2cc1N=CP. The summed E-state index contributed by atoms with van der Waals surface area (Å²) in [5.41, 5.74) is 2.20. The van der Waals surface area contributed by atoms with Crippen LogP contribution in [0.15, 0.2) is 21.5 Å². The van der Waals surface area contributed by atoms with Crippen LogP contribution in [0.4, 0.5) is 5.69 Å². The molecule has 0 bridgehead atoms. The van der Waals surface area contributed by atoms with Gasteiger partial charge in [-0.2, -0.15) is 0 Å². The number of oxazole rings is 1. The van der Waals surface area contributed by atoms with Crippen molar-refractivity contribution in [2.24, 2.45) is 4.99 Å². The zero-order valence-electron chi connectivity index (χ0n) is 7.14. The molecule has 2 atom stereocenters. The second-order valence-electron chi connectivity index (χ2n) is 2.64. The molecule has 0 saturated heterocycles. The highest BCUT2D eigenvalue weighted by atomic mass is 31.0. The average molecular weight is 226 g/mol. The first-order valence-corrected chi connectivity index (χ1v) is 5.08. The van der Waals surface area contributed by atoms with E-state index in [-0.39, 0.29) is 5.75 Å². The van der Waals surface area contributed by atoms with Crippen LogP contribution in [-0.2, 0) is 0 Å². The van der Waals surface area contributed by atoms with Gasteiger partial charge in [0.05, 0.1) is 0 Å². The van der Waals surface area contributed by atoms with Crippen LogP contribution in [0.5, 0.6) is 5.75 Å². The van der Waals surface area contributed by atoms with E-state index in [1.807, 2.05) is 0 Å². The number of fused-ring (bicyclic) bond motifs is 1. The molecule has 0 fully saturated rings. The zero-order chi connectivity index (χ0) is 10.1. The second kappa shape index (κ2) is 3.64. The standard InChI is InChI=1S/C8H8N2O2P2/c11-6-2-7-5(10-8(14)12-7)1-4(6)9-3-13/h1-3,11H,13-14H2. The molecule has 1 aromatic carbocycles. The predicted octanol–water partition coefficient (Wildman–Crippen LogP) is 1.57. The average Bonchev–Trinajstić information content (AvgIpc) is 2.45. The van der Waals surface area contributed by atoms with Gasteiger partial charge in [-0.05, 0) is 15.3 Å². The molecule has 2 aromatic rings. The molecule has 0 aliphatic rings. The summed E-state index contributed by atoms with van der Waals surface area (Å²) in [4.78, 5) is 8.07. The van der Waals surface area contributed by atoms with E-state index in [4.69, 9.17) is 4.42 Å². The summed E-state index contributed by atoms with van der Waals surface area (Å²) in [5, 5.41) is 9.53. The van der Waals surface area contributed by atoms with Gasteiger partial charge in [-0.25, -0.2) is 4.98 Å². The Hall–Kier alpha value is -0.980. The normalized spacial score (nSPS) is 11.6. The van der Waals surface area contributed by atoms with Gasteiger partial charge in [0.1, 0.15) is 17.0 Å². The van der Waals surface area contributed by atoms with E-state index in [1.54, 1.807) is 6.07 Å². The topological polar surface area (TPSA) is 58.6 Å². The number of aliphatic imine (C=N–C) groups is 1. The lowest BCUT2D eigenvalue weighted by molar-refractivity contribution is 0.476. The highest BCUT2D eigenvalue weighted by Gasteiger charge is 2.07. The molecule has 6 heteroatoms. The van der Waals surface area contributed by atoms with Gasteiger partial charge >= 0.3 is 0 Å². The van der Waals surface area contributed by atoms with Crippen LogP contribution in [0.25, 0.3) is 11.1 Å². The smallest absolute Gasteiger partial charge is 0.211 e. The quantitative estimate of drug-likeness (QED) is 0.593. The van der Waals surface area contributed by atoms with Crippen molar-refractivity contribution >= 4 is 46.9 Å². The summed E-state index contributed by atoms with van der Waals surface area (Å²) >= 11 is 0. The number of phenols is 1. The Morgan fingerprint density at radius 2 is 2.29 bits per heavy atom. The lowest BCUT2D eigenvalue weighted by Crippen LogP contribution is -1.84. The van der Waals surface area contributed by atoms with Crippen molar-refractivity contribution in [3.63, 3.8) is 0 Å². The van der Waals surface area contributed by atoms with E-state index in [2.05, 4.69) is 28.5 Å². The molecule has 0 amide bonds. The number of rotatable bonds is 1. The van der Waals surface area contributed by atoms with Crippen LogP contribution in [0.1, 0.15) is 0 Å². The Balaban J connectivity index is 2.69. The van der Waals surface area contributed by atoms with Crippen molar-refractivity contribution in [3.8, 4) is 5.75 Å². The monoisotopic (exact) mass is 226 g/mol. The van der Waals surface area contributed by atoms with Gasteiger partial charge < -0.3 is 9.52 Å². The van der Waals surface area contributed by atoms with Crippen LogP contribution in [-0.4, -0.2) is 16.0 Å². The fourth-order valence-electron chi connectivity index (χ4n) is 1.15. The van der Waals surface area contributed by atoms with Gasteiger partial charge in [0, 0.05) is 12.0 Å². The number of aromatic hydroxyl groups is 1. The molecule has 4 nitrogen and oxygen atoms in total. The first kappa shape index (κ1) is 9.57. The zero-order valence-corrected chi connectivity index (χ0v) is 9.45. The predicted molar refractivity (Wildman–Crippen MR) is 62.9 cm³/mol. The molecule has 0 saturated carbocycles. The van der Waals surface area contributed by atoms with Gasteiger partial charge in [0.2, 0.25) is 5.63 Å². The number of nitrogens with zero attached hydrogens (tertiary/aromatic N) is 2. The molecule has 0 aliphatic carbocycles. The fraction of sp³-hybridized carbons (Fsp3) is 0. The van der Waals surface area contributed by atoms with Crippen LogP contribution in [0.3, 0.4) is 0 Å². The van der Waals surface area contributed by atoms with E-state index >= 15 is 0 Å². The number of phenolic OH excluding ortho intramolecular Hbond substituents is 1. The first-order valence-electron chi connectivity index (χ1n) is 3.84. The minimum atomic E-state index is 0.0809. The summed E-state index contributed by atoms with van der Waals surface area (Å²) < 4.78 is 5.22. The van der Waals surface area contributed by atoms with E-state index in [0.29, 0.717) is 22.4 Å². The minimum absolute atomic E-state index is 0.0809. The van der Waals surface area contributed by atoms with Gasteiger partial charge in [0.15, 0.2) is 5.58 Å². The Morgan fingerprint density at radius 3 is 3.00 bits per heavy atom. The van der Waals surface area contributed by atoms with Gasteiger partial charge in [-0.1, -0.05) is 9.24 Å². The summed E-state index contributed by atoms with van der Waals surface area (Å²) in [6.45, 7) is 0. The highest BCUT2D eigenvalue weighted by Crippen LogP contribution is 2.30. The van der Waals surface area contributed by atoms with Crippen LogP contribution in [0, 0.1) is 0 Å². The Labute approximate surface area is 84.8 Å². The third-order valence-electron chi connectivity index (χ3n) is 1.71. The third kappa shape index (κ3) is 1.63. The van der Waals surface area contributed by atoms with E-state index in [1.165, 1.54) is 12.0 Å². The maximum absolute atomic E-state index is 9.53. The molecule has 0 radical (unpaired) electrons. The third-order valence-corrected chi connectivity index (χ3v) is 2.11. The molecule has 1 N–H and O–H groups in total. The highest BCUT2D eigenvalue weighted by molar-refractivity contribution is 7.36. The van der Waals surface area contributed by atoms with Gasteiger partial charge in [-0.3, -0.25) is 4.99 Å². The first-order chi connectivity index (χ1) is 6.70. The number of benzene rings is 1. The molecule has 1 heterocycles. The lowest BCUT2D eigenvalue weighted by atomic mass is 10.2. The van der Waals surface area contributed by atoms with E-state index in [9.17, 15) is 5.11 Å².